The highest BCUT2D eigenvalue weighted by Gasteiger charge is 2.08. The van der Waals surface area contributed by atoms with E-state index in [1.165, 1.54) is 0 Å². The first-order valence-corrected chi connectivity index (χ1v) is 5.73. The highest BCUT2D eigenvalue weighted by molar-refractivity contribution is 5.94. The molecule has 1 heterocycles. The number of nitrogens with two attached hydrogens (primary N) is 1. The van der Waals surface area contributed by atoms with E-state index >= 15 is 0 Å². The molecule has 3 N–H and O–H groups in total. The molecular formula is C13H17N3O. The summed E-state index contributed by atoms with van der Waals surface area (Å²) >= 11 is 0. The fraction of sp³-hybridized carbons (Fsp3) is 0.308. The predicted octanol–water partition coefficient (Wildman–Crippen LogP) is 2.48. The zero-order valence-electron chi connectivity index (χ0n) is 10.2. The van der Waals surface area contributed by atoms with Gasteiger partial charge in [-0.1, -0.05) is 25.5 Å². The van der Waals surface area contributed by atoms with Crippen molar-refractivity contribution in [3.05, 3.63) is 30.0 Å². The Morgan fingerprint density at radius 1 is 1.41 bits per heavy atom. The molecule has 0 aliphatic rings. The summed E-state index contributed by atoms with van der Waals surface area (Å²) in [5.41, 5.74) is 5.49. The molecule has 0 aliphatic carbocycles. The van der Waals surface area contributed by atoms with Crippen molar-refractivity contribution in [2.45, 2.75) is 19.8 Å². The quantitative estimate of drug-likeness (QED) is 0.627. The zero-order chi connectivity index (χ0) is 12.3. The van der Waals surface area contributed by atoms with Crippen LogP contribution in [0.3, 0.4) is 0 Å². The van der Waals surface area contributed by atoms with E-state index in [1.807, 2.05) is 24.3 Å². The Kier molecular flexibility index (Phi) is 3.44. The lowest BCUT2D eigenvalue weighted by atomic mass is 10.1. The standard InChI is InChI=1S/C13H17N3O/c1-3-5-9-8-11(16-14)10-6-4-7-12(17-2)13(10)15-9/h4,6-8H,3,5,14H2,1-2H3,(H,15,16). The van der Waals surface area contributed by atoms with Crippen molar-refractivity contribution >= 4 is 16.6 Å². The summed E-state index contributed by atoms with van der Waals surface area (Å²) in [6, 6.07) is 7.82. The molecule has 0 spiro atoms. The number of hydrogen-bond donors (Lipinski definition) is 2. The maximum Gasteiger partial charge on any atom is 0.145 e. The second-order valence-corrected chi connectivity index (χ2v) is 3.91. The SMILES string of the molecule is CCCc1cc(NN)c2cccc(OC)c2n1. The van der Waals surface area contributed by atoms with Crippen molar-refractivity contribution in [2.24, 2.45) is 5.84 Å². The highest BCUT2D eigenvalue weighted by Crippen LogP contribution is 2.29. The van der Waals surface area contributed by atoms with Gasteiger partial charge in [0.25, 0.3) is 0 Å². The molecule has 0 atom stereocenters. The van der Waals surface area contributed by atoms with Crippen LogP contribution in [-0.2, 0) is 6.42 Å². The number of ether oxygens (including phenoxy) is 1. The molecule has 1 aromatic carbocycles. The number of anilines is 1. The second kappa shape index (κ2) is 5.01. The van der Waals surface area contributed by atoms with E-state index in [0.717, 1.165) is 40.9 Å². The summed E-state index contributed by atoms with van der Waals surface area (Å²) in [5, 5.41) is 0.978. The predicted molar refractivity (Wildman–Crippen MR) is 70.1 cm³/mol. The number of aryl methyl sites for hydroxylation is 1. The third-order valence-corrected chi connectivity index (χ3v) is 2.74. The van der Waals surface area contributed by atoms with Gasteiger partial charge in [0.15, 0.2) is 0 Å². The topological polar surface area (TPSA) is 60.2 Å². The minimum atomic E-state index is 0.775. The van der Waals surface area contributed by atoms with Gasteiger partial charge in [-0.3, -0.25) is 5.84 Å². The number of pyridine rings is 1. The first kappa shape index (κ1) is 11.7. The second-order valence-electron chi connectivity index (χ2n) is 3.91. The number of para-hydroxylation sites is 1. The number of nitrogen functional groups attached to an aromatic ring is 1. The molecule has 0 saturated heterocycles. The molecule has 2 aromatic rings. The summed E-state index contributed by atoms with van der Waals surface area (Å²) < 4.78 is 5.33. The van der Waals surface area contributed by atoms with Crippen LogP contribution in [0.5, 0.6) is 5.75 Å². The third-order valence-electron chi connectivity index (χ3n) is 2.74. The molecule has 0 fully saturated rings. The molecule has 90 valence electrons. The molecule has 0 bridgehead atoms. The first-order chi connectivity index (χ1) is 8.30. The Morgan fingerprint density at radius 3 is 2.88 bits per heavy atom. The van der Waals surface area contributed by atoms with E-state index in [1.54, 1.807) is 7.11 Å². The first-order valence-electron chi connectivity index (χ1n) is 5.73. The van der Waals surface area contributed by atoms with E-state index in [9.17, 15) is 0 Å². The molecule has 0 amide bonds. The molecule has 0 radical (unpaired) electrons. The summed E-state index contributed by atoms with van der Waals surface area (Å²) in [7, 11) is 1.65. The lowest BCUT2D eigenvalue weighted by Crippen LogP contribution is -2.08. The molecule has 17 heavy (non-hydrogen) atoms. The number of nitrogens with zero attached hydrogens (tertiary/aromatic N) is 1. The van der Waals surface area contributed by atoms with E-state index < -0.39 is 0 Å². The summed E-state index contributed by atoms with van der Waals surface area (Å²) in [6.07, 6.45) is 1.99. The van der Waals surface area contributed by atoms with Crippen LogP contribution in [0.1, 0.15) is 19.0 Å². The maximum absolute atomic E-state index is 5.55. The van der Waals surface area contributed by atoms with Crippen molar-refractivity contribution in [3.8, 4) is 5.75 Å². The summed E-state index contributed by atoms with van der Waals surface area (Å²) in [6.45, 7) is 2.13. The highest BCUT2D eigenvalue weighted by atomic mass is 16.5. The number of aromatic nitrogens is 1. The fourth-order valence-corrected chi connectivity index (χ4v) is 1.94. The minimum absolute atomic E-state index is 0.775. The fourth-order valence-electron chi connectivity index (χ4n) is 1.94. The Bertz CT molecular complexity index is 525. The molecule has 2 rings (SSSR count). The van der Waals surface area contributed by atoms with Crippen LogP contribution < -0.4 is 16.0 Å². The largest absolute Gasteiger partial charge is 0.494 e. The molecule has 0 saturated carbocycles. The molecule has 0 unspecified atom stereocenters. The molecular weight excluding hydrogens is 214 g/mol. The van der Waals surface area contributed by atoms with Gasteiger partial charge < -0.3 is 10.2 Å². The van der Waals surface area contributed by atoms with Crippen LogP contribution in [-0.4, -0.2) is 12.1 Å². The monoisotopic (exact) mass is 231 g/mol. The van der Waals surface area contributed by atoms with Gasteiger partial charge in [-0.25, -0.2) is 4.98 Å². The van der Waals surface area contributed by atoms with Crippen molar-refractivity contribution < 1.29 is 4.74 Å². The lowest BCUT2D eigenvalue weighted by molar-refractivity contribution is 0.419. The molecule has 0 aliphatic heterocycles. The van der Waals surface area contributed by atoms with Crippen LogP contribution in [0, 0.1) is 0 Å². The summed E-state index contributed by atoms with van der Waals surface area (Å²) in [5.74, 6) is 6.33. The van der Waals surface area contributed by atoms with Crippen LogP contribution in [0.25, 0.3) is 10.9 Å². The van der Waals surface area contributed by atoms with Crippen LogP contribution in [0.15, 0.2) is 24.3 Å². The third kappa shape index (κ3) is 2.17. The zero-order valence-corrected chi connectivity index (χ0v) is 10.2. The molecule has 4 heteroatoms. The Balaban J connectivity index is 2.68. The van der Waals surface area contributed by atoms with E-state index in [-0.39, 0.29) is 0 Å². The number of methoxy groups -OCH3 is 1. The Morgan fingerprint density at radius 2 is 2.24 bits per heavy atom. The van der Waals surface area contributed by atoms with Crippen molar-refractivity contribution in [2.75, 3.05) is 12.5 Å². The van der Waals surface area contributed by atoms with Gasteiger partial charge in [-0.2, -0.15) is 0 Å². The van der Waals surface area contributed by atoms with Crippen molar-refractivity contribution in [3.63, 3.8) is 0 Å². The minimum Gasteiger partial charge on any atom is -0.494 e. The van der Waals surface area contributed by atoms with Crippen LogP contribution >= 0.6 is 0 Å². The number of benzene rings is 1. The number of rotatable bonds is 4. The van der Waals surface area contributed by atoms with E-state index in [2.05, 4.69) is 17.3 Å². The summed E-state index contributed by atoms with van der Waals surface area (Å²) in [4.78, 5) is 4.62. The lowest BCUT2D eigenvalue weighted by Gasteiger charge is -2.11. The average molecular weight is 231 g/mol. The Labute approximate surface area is 101 Å². The van der Waals surface area contributed by atoms with Crippen molar-refractivity contribution in [1.82, 2.24) is 4.98 Å². The molecule has 1 aromatic heterocycles. The van der Waals surface area contributed by atoms with Gasteiger partial charge in [-0.05, 0) is 18.6 Å². The number of hydrogen-bond acceptors (Lipinski definition) is 4. The average Bonchev–Trinajstić information content (AvgIpc) is 2.37. The van der Waals surface area contributed by atoms with Crippen LogP contribution in [0.4, 0.5) is 5.69 Å². The van der Waals surface area contributed by atoms with Gasteiger partial charge in [0, 0.05) is 11.1 Å². The number of nitrogens with one attached hydrogen (secondary N) is 1. The van der Waals surface area contributed by atoms with Gasteiger partial charge in [0.1, 0.15) is 11.3 Å². The van der Waals surface area contributed by atoms with E-state index in [0.29, 0.717) is 0 Å². The normalized spacial score (nSPS) is 10.5. The smallest absolute Gasteiger partial charge is 0.145 e. The van der Waals surface area contributed by atoms with Gasteiger partial charge >= 0.3 is 0 Å². The number of hydrazine groups is 1. The van der Waals surface area contributed by atoms with Crippen LogP contribution in [0.2, 0.25) is 0 Å². The van der Waals surface area contributed by atoms with Gasteiger partial charge in [0.05, 0.1) is 12.8 Å². The van der Waals surface area contributed by atoms with Crippen molar-refractivity contribution in [1.29, 1.82) is 0 Å². The number of fused-ring (bicyclic) bond motifs is 1. The van der Waals surface area contributed by atoms with Gasteiger partial charge in [0.2, 0.25) is 0 Å². The Hall–Kier alpha value is -1.81. The van der Waals surface area contributed by atoms with Gasteiger partial charge in [-0.15, -0.1) is 0 Å². The van der Waals surface area contributed by atoms with E-state index in [4.69, 9.17) is 10.6 Å². The molecule has 4 nitrogen and oxygen atoms in total. The maximum atomic E-state index is 5.55.